The van der Waals surface area contributed by atoms with Gasteiger partial charge in [-0.3, -0.25) is 4.79 Å². The van der Waals surface area contributed by atoms with Crippen LogP contribution in [0.2, 0.25) is 0 Å². The summed E-state index contributed by atoms with van der Waals surface area (Å²) in [7, 11) is 0. The van der Waals surface area contributed by atoms with Crippen LogP contribution in [-0.4, -0.2) is 31.1 Å². The number of anilines is 1. The van der Waals surface area contributed by atoms with Gasteiger partial charge in [-0.1, -0.05) is 12.1 Å². The maximum absolute atomic E-state index is 11.9. The molecule has 1 amide bonds. The molecule has 0 aliphatic carbocycles. The van der Waals surface area contributed by atoms with Gasteiger partial charge in [-0.25, -0.2) is 0 Å². The smallest absolute Gasteiger partial charge is 0.238 e. The molecule has 0 spiro atoms. The molecule has 2 rings (SSSR count). The van der Waals surface area contributed by atoms with Crippen LogP contribution in [0.4, 0.5) is 5.69 Å². The predicted molar refractivity (Wildman–Crippen MR) is 73.7 cm³/mol. The first-order valence-electron chi connectivity index (χ1n) is 6.38. The molecule has 1 atom stereocenters. The van der Waals surface area contributed by atoms with Gasteiger partial charge in [-0.2, -0.15) is 5.26 Å². The predicted octanol–water partition coefficient (Wildman–Crippen LogP) is 0.838. The van der Waals surface area contributed by atoms with Crippen molar-refractivity contribution in [2.45, 2.75) is 18.9 Å². The lowest BCUT2D eigenvalue weighted by Crippen LogP contribution is -2.47. The van der Waals surface area contributed by atoms with Crippen LogP contribution in [0.25, 0.3) is 0 Å². The normalized spacial score (nSPS) is 21.9. The van der Waals surface area contributed by atoms with Crippen molar-refractivity contribution in [3.05, 3.63) is 29.8 Å². The molecule has 5 nitrogen and oxygen atoms in total. The molecule has 1 aromatic carbocycles. The van der Waals surface area contributed by atoms with E-state index < -0.39 is 0 Å². The zero-order chi connectivity index (χ0) is 13.7. The number of hydrogen-bond acceptors (Lipinski definition) is 4. The molecule has 0 aromatic heterocycles. The molecule has 100 valence electrons. The van der Waals surface area contributed by atoms with Gasteiger partial charge in [0, 0.05) is 12.1 Å². The van der Waals surface area contributed by atoms with Gasteiger partial charge in [0.15, 0.2) is 0 Å². The standard InChI is InChI=1S/C14H18N4O/c1-14(6-7-16-10-14)17-9-13(19)18-12-5-3-2-4-11(12)8-15/h2-5,16-17H,6-7,9-10H2,1H3,(H,18,19). The molecule has 0 bridgehead atoms. The summed E-state index contributed by atoms with van der Waals surface area (Å²) in [5.74, 6) is -0.129. The van der Waals surface area contributed by atoms with Crippen LogP contribution < -0.4 is 16.0 Å². The van der Waals surface area contributed by atoms with Crippen molar-refractivity contribution in [3.63, 3.8) is 0 Å². The Morgan fingerprint density at radius 1 is 1.53 bits per heavy atom. The largest absolute Gasteiger partial charge is 0.324 e. The summed E-state index contributed by atoms with van der Waals surface area (Å²) < 4.78 is 0. The third kappa shape index (κ3) is 3.53. The molecule has 0 saturated carbocycles. The van der Waals surface area contributed by atoms with Crippen LogP contribution in [0.15, 0.2) is 24.3 Å². The van der Waals surface area contributed by atoms with Crippen molar-refractivity contribution in [2.24, 2.45) is 0 Å². The Bertz CT molecular complexity index is 500. The monoisotopic (exact) mass is 258 g/mol. The Balaban J connectivity index is 1.89. The molecule has 1 aliphatic heterocycles. The number of nitrogens with zero attached hydrogens (tertiary/aromatic N) is 1. The lowest BCUT2D eigenvalue weighted by Gasteiger charge is -2.24. The van der Waals surface area contributed by atoms with Crippen molar-refractivity contribution >= 4 is 11.6 Å². The van der Waals surface area contributed by atoms with Gasteiger partial charge in [-0.05, 0) is 32.0 Å². The number of para-hydroxylation sites is 1. The Kier molecular flexibility index (Phi) is 4.15. The maximum Gasteiger partial charge on any atom is 0.238 e. The van der Waals surface area contributed by atoms with E-state index in [1.807, 2.05) is 0 Å². The Hall–Kier alpha value is -1.90. The molecule has 3 N–H and O–H groups in total. The summed E-state index contributed by atoms with van der Waals surface area (Å²) in [4.78, 5) is 11.9. The van der Waals surface area contributed by atoms with Crippen LogP contribution in [0, 0.1) is 11.3 Å². The zero-order valence-corrected chi connectivity index (χ0v) is 11.0. The van der Waals surface area contributed by atoms with Gasteiger partial charge < -0.3 is 16.0 Å². The van der Waals surface area contributed by atoms with Crippen molar-refractivity contribution in [1.29, 1.82) is 5.26 Å². The van der Waals surface area contributed by atoms with Crippen LogP contribution in [0.3, 0.4) is 0 Å². The molecule has 1 heterocycles. The van der Waals surface area contributed by atoms with Gasteiger partial charge >= 0.3 is 0 Å². The summed E-state index contributed by atoms with van der Waals surface area (Å²) in [5.41, 5.74) is 1.02. The lowest BCUT2D eigenvalue weighted by molar-refractivity contribution is -0.115. The Morgan fingerprint density at radius 3 is 3.00 bits per heavy atom. The summed E-state index contributed by atoms with van der Waals surface area (Å²) >= 11 is 0. The Morgan fingerprint density at radius 2 is 2.32 bits per heavy atom. The first-order valence-corrected chi connectivity index (χ1v) is 6.38. The molecular weight excluding hydrogens is 240 g/mol. The van der Waals surface area contributed by atoms with E-state index in [1.54, 1.807) is 24.3 Å². The fourth-order valence-electron chi connectivity index (χ4n) is 2.15. The third-order valence-electron chi connectivity index (χ3n) is 3.37. The number of carbonyl (C=O) groups is 1. The number of nitrogens with one attached hydrogen (secondary N) is 3. The zero-order valence-electron chi connectivity index (χ0n) is 11.0. The highest BCUT2D eigenvalue weighted by atomic mass is 16.1. The van der Waals surface area contributed by atoms with E-state index in [9.17, 15) is 4.79 Å². The first kappa shape index (κ1) is 13.5. The number of hydrogen-bond donors (Lipinski definition) is 3. The van der Waals surface area contributed by atoms with Gasteiger partial charge in [0.05, 0.1) is 17.8 Å². The lowest BCUT2D eigenvalue weighted by atomic mass is 10.0. The van der Waals surface area contributed by atoms with E-state index in [-0.39, 0.29) is 18.0 Å². The maximum atomic E-state index is 11.9. The summed E-state index contributed by atoms with van der Waals surface area (Å²) in [6.07, 6.45) is 1.01. The highest BCUT2D eigenvalue weighted by Gasteiger charge is 2.28. The van der Waals surface area contributed by atoms with Crippen LogP contribution in [0.5, 0.6) is 0 Å². The average molecular weight is 258 g/mol. The van der Waals surface area contributed by atoms with Crippen molar-refractivity contribution in [2.75, 3.05) is 25.0 Å². The van der Waals surface area contributed by atoms with E-state index >= 15 is 0 Å². The fraction of sp³-hybridized carbons (Fsp3) is 0.429. The van der Waals surface area contributed by atoms with Crippen molar-refractivity contribution in [3.8, 4) is 6.07 Å². The number of amides is 1. The molecule has 1 aliphatic rings. The van der Waals surface area contributed by atoms with Gasteiger partial charge in [0.1, 0.15) is 6.07 Å². The summed E-state index contributed by atoms with van der Waals surface area (Å²) in [6, 6.07) is 9.05. The number of rotatable bonds is 4. The minimum atomic E-state index is -0.129. The van der Waals surface area contributed by atoms with Gasteiger partial charge in [-0.15, -0.1) is 0 Å². The number of benzene rings is 1. The minimum absolute atomic E-state index is 0.0217. The van der Waals surface area contributed by atoms with E-state index in [2.05, 4.69) is 28.9 Å². The molecule has 1 aromatic rings. The van der Waals surface area contributed by atoms with E-state index in [0.717, 1.165) is 19.5 Å². The first-order chi connectivity index (χ1) is 9.13. The van der Waals surface area contributed by atoms with Crippen molar-refractivity contribution < 1.29 is 4.79 Å². The molecule has 0 radical (unpaired) electrons. The summed E-state index contributed by atoms with van der Waals surface area (Å²) in [6.45, 7) is 4.19. The molecule has 1 fully saturated rings. The summed E-state index contributed by atoms with van der Waals surface area (Å²) in [5, 5.41) is 18.2. The number of nitriles is 1. The van der Waals surface area contributed by atoms with Crippen molar-refractivity contribution in [1.82, 2.24) is 10.6 Å². The van der Waals surface area contributed by atoms with Gasteiger partial charge in [0.25, 0.3) is 0 Å². The highest BCUT2D eigenvalue weighted by molar-refractivity contribution is 5.93. The van der Waals surface area contributed by atoms with Crippen LogP contribution in [0.1, 0.15) is 18.9 Å². The quantitative estimate of drug-likeness (QED) is 0.748. The Labute approximate surface area is 113 Å². The topological polar surface area (TPSA) is 77.0 Å². The van der Waals surface area contributed by atoms with Gasteiger partial charge in [0.2, 0.25) is 5.91 Å². The minimum Gasteiger partial charge on any atom is -0.324 e. The molecular formula is C14H18N4O. The third-order valence-corrected chi connectivity index (χ3v) is 3.37. The molecule has 5 heteroatoms. The molecule has 1 unspecified atom stereocenters. The SMILES string of the molecule is CC1(NCC(=O)Nc2ccccc2C#N)CCNC1. The second kappa shape index (κ2) is 5.83. The molecule has 19 heavy (non-hydrogen) atoms. The molecule has 1 saturated heterocycles. The van der Waals surface area contributed by atoms with Crippen LogP contribution >= 0.6 is 0 Å². The van der Waals surface area contributed by atoms with E-state index in [4.69, 9.17) is 5.26 Å². The van der Waals surface area contributed by atoms with E-state index in [1.165, 1.54) is 0 Å². The van der Waals surface area contributed by atoms with E-state index in [0.29, 0.717) is 11.3 Å². The average Bonchev–Trinajstić information content (AvgIpc) is 2.85. The number of carbonyl (C=O) groups excluding carboxylic acids is 1. The van der Waals surface area contributed by atoms with Crippen LogP contribution in [-0.2, 0) is 4.79 Å². The second-order valence-corrected chi connectivity index (χ2v) is 5.05. The highest BCUT2D eigenvalue weighted by Crippen LogP contribution is 2.14. The fourth-order valence-corrected chi connectivity index (χ4v) is 2.15. The second-order valence-electron chi connectivity index (χ2n) is 5.05.